The van der Waals surface area contributed by atoms with E-state index in [1.165, 1.54) is 117 Å². The molecule has 0 saturated heterocycles. The van der Waals surface area contributed by atoms with Gasteiger partial charge in [-0.05, 0) is 113 Å². The molecule has 0 N–H and O–H groups in total. The molecule has 11 aromatic rings. The van der Waals surface area contributed by atoms with Gasteiger partial charge in [0.15, 0.2) is 0 Å². The predicted octanol–water partition coefficient (Wildman–Crippen LogP) is 15.5. The molecule has 1 aliphatic rings. The van der Waals surface area contributed by atoms with Gasteiger partial charge in [0.25, 0.3) is 0 Å². The molecule has 0 saturated carbocycles. The molecule has 0 nitrogen and oxygen atoms in total. The normalized spacial score (nSPS) is 13.6. The van der Waals surface area contributed by atoms with Crippen LogP contribution in [-0.4, -0.2) is 0 Å². The van der Waals surface area contributed by atoms with E-state index in [0.29, 0.717) is 0 Å². The molecular formula is C51H32S2. The Bertz CT molecular complexity index is 3310. The van der Waals surface area contributed by atoms with Crippen molar-refractivity contribution in [3.05, 3.63) is 169 Å². The lowest BCUT2D eigenvalue weighted by Crippen LogP contribution is -2.14. The minimum absolute atomic E-state index is 0.0892. The van der Waals surface area contributed by atoms with Gasteiger partial charge in [0.1, 0.15) is 0 Å². The second-order valence-corrected chi connectivity index (χ2v) is 17.3. The van der Waals surface area contributed by atoms with Gasteiger partial charge >= 0.3 is 0 Å². The van der Waals surface area contributed by atoms with Gasteiger partial charge in [-0.15, -0.1) is 22.7 Å². The van der Waals surface area contributed by atoms with Crippen molar-refractivity contribution in [2.45, 2.75) is 19.3 Å². The lowest BCUT2D eigenvalue weighted by molar-refractivity contribution is 0.661. The average molecular weight is 709 g/mol. The smallest absolute Gasteiger partial charge is 0.0433 e. The molecule has 0 fully saturated rings. The standard InChI is InChI=1S/C51H32S2/c1-51(2)43-23-20-30(25-39(43)40-27-42-38-22-19-29-11-3-4-12-32(29)50(38)53-47(42)28-44(40)51)48-34-14-5-7-16-36(34)49(37-17-8-6-15-35(37)48)31-21-24-46-41(26-31)33-13-9-10-18-45(33)52-46/h3-28H,1-2H3. The predicted molar refractivity (Wildman–Crippen MR) is 233 cm³/mol. The van der Waals surface area contributed by atoms with Crippen LogP contribution in [0.25, 0.3) is 106 Å². The number of rotatable bonds is 2. The highest BCUT2D eigenvalue weighted by Crippen LogP contribution is 2.54. The fraction of sp³-hybridized carbons (Fsp3) is 0.0588. The van der Waals surface area contributed by atoms with Crippen molar-refractivity contribution < 1.29 is 0 Å². The van der Waals surface area contributed by atoms with E-state index in [-0.39, 0.29) is 5.41 Å². The van der Waals surface area contributed by atoms with Gasteiger partial charge in [-0.3, -0.25) is 0 Å². The maximum absolute atomic E-state index is 2.50. The van der Waals surface area contributed by atoms with Crippen molar-refractivity contribution in [3.63, 3.8) is 0 Å². The molecular weight excluding hydrogens is 677 g/mol. The van der Waals surface area contributed by atoms with Crippen LogP contribution in [0.2, 0.25) is 0 Å². The first-order valence-corrected chi connectivity index (χ1v) is 20.1. The van der Waals surface area contributed by atoms with Crippen LogP contribution in [0.5, 0.6) is 0 Å². The number of fused-ring (bicyclic) bond motifs is 13. The molecule has 0 unspecified atom stereocenters. The van der Waals surface area contributed by atoms with Gasteiger partial charge in [-0.1, -0.05) is 135 Å². The lowest BCUT2D eigenvalue weighted by Gasteiger charge is -2.22. The van der Waals surface area contributed by atoms with Crippen LogP contribution in [0.3, 0.4) is 0 Å². The van der Waals surface area contributed by atoms with Gasteiger partial charge in [0.2, 0.25) is 0 Å². The van der Waals surface area contributed by atoms with Crippen LogP contribution in [0.1, 0.15) is 25.0 Å². The molecule has 0 radical (unpaired) electrons. The molecule has 0 bridgehead atoms. The van der Waals surface area contributed by atoms with E-state index in [2.05, 4.69) is 172 Å². The summed E-state index contributed by atoms with van der Waals surface area (Å²) in [6.45, 7) is 4.80. The molecule has 0 atom stereocenters. The zero-order chi connectivity index (χ0) is 35.0. The Balaban J connectivity index is 1.10. The van der Waals surface area contributed by atoms with Crippen molar-refractivity contribution in [3.8, 4) is 33.4 Å². The summed E-state index contributed by atoms with van der Waals surface area (Å²) in [6, 6.07) is 59.7. The van der Waals surface area contributed by atoms with E-state index < -0.39 is 0 Å². The second kappa shape index (κ2) is 10.6. The summed E-state index contributed by atoms with van der Waals surface area (Å²) in [7, 11) is 0. The third-order valence-electron chi connectivity index (χ3n) is 12.0. The Morgan fingerprint density at radius 2 is 0.925 bits per heavy atom. The number of hydrogen-bond acceptors (Lipinski definition) is 2. The second-order valence-electron chi connectivity index (χ2n) is 15.2. The molecule has 1 aliphatic carbocycles. The summed E-state index contributed by atoms with van der Waals surface area (Å²) in [5, 5.41) is 13.2. The maximum atomic E-state index is 2.50. The van der Waals surface area contributed by atoms with E-state index in [0.717, 1.165) is 0 Å². The molecule has 2 heteroatoms. The molecule has 2 aromatic heterocycles. The SMILES string of the molecule is CC1(C)c2ccc(-c3c4ccccc4c(-c4ccc5sc6ccccc6c5c4)c4ccccc34)cc2-c2cc3c(cc21)sc1c2ccccc2ccc31. The highest BCUT2D eigenvalue weighted by Gasteiger charge is 2.36. The quantitative estimate of drug-likeness (QED) is 0.157. The van der Waals surface area contributed by atoms with Crippen molar-refractivity contribution in [2.24, 2.45) is 0 Å². The Morgan fingerprint density at radius 1 is 0.358 bits per heavy atom. The zero-order valence-electron chi connectivity index (χ0n) is 29.3. The summed E-state index contributed by atoms with van der Waals surface area (Å²) >= 11 is 3.82. The van der Waals surface area contributed by atoms with Crippen LogP contribution < -0.4 is 0 Å². The van der Waals surface area contributed by atoms with E-state index in [9.17, 15) is 0 Å². The molecule has 0 aliphatic heterocycles. The highest BCUT2D eigenvalue weighted by molar-refractivity contribution is 7.26. The van der Waals surface area contributed by atoms with Crippen LogP contribution >= 0.6 is 22.7 Å². The Kier molecular flexibility index (Phi) is 5.97. The maximum Gasteiger partial charge on any atom is 0.0433 e. The Hall–Kier alpha value is -5.80. The summed E-state index contributed by atoms with van der Waals surface area (Å²) in [6.07, 6.45) is 0. The minimum Gasteiger partial charge on any atom is -0.135 e. The zero-order valence-corrected chi connectivity index (χ0v) is 31.0. The van der Waals surface area contributed by atoms with Gasteiger partial charge in [0.05, 0.1) is 0 Å². The van der Waals surface area contributed by atoms with Crippen LogP contribution in [-0.2, 0) is 5.41 Å². The number of benzene rings is 9. The average Bonchev–Trinajstić information content (AvgIpc) is 3.83. The molecule has 53 heavy (non-hydrogen) atoms. The van der Waals surface area contributed by atoms with Crippen LogP contribution in [0.4, 0.5) is 0 Å². The van der Waals surface area contributed by atoms with Crippen LogP contribution in [0.15, 0.2) is 158 Å². The van der Waals surface area contributed by atoms with Gasteiger partial charge in [-0.2, -0.15) is 0 Å². The lowest BCUT2D eigenvalue weighted by atomic mass is 9.81. The minimum atomic E-state index is -0.0892. The first kappa shape index (κ1) is 29.7. The highest BCUT2D eigenvalue weighted by atomic mass is 32.1. The van der Waals surface area contributed by atoms with Gasteiger partial charge in [0, 0.05) is 45.8 Å². The van der Waals surface area contributed by atoms with Crippen molar-refractivity contribution in [2.75, 3.05) is 0 Å². The van der Waals surface area contributed by atoms with E-state index in [1.807, 2.05) is 22.7 Å². The Labute approximate surface area is 315 Å². The van der Waals surface area contributed by atoms with Gasteiger partial charge in [-0.25, -0.2) is 0 Å². The van der Waals surface area contributed by atoms with Crippen molar-refractivity contribution >= 4 is 95.3 Å². The summed E-state index contributed by atoms with van der Waals surface area (Å²) < 4.78 is 5.44. The fourth-order valence-corrected chi connectivity index (χ4v) is 11.9. The molecule has 12 rings (SSSR count). The Morgan fingerprint density at radius 3 is 1.66 bits per heavy atom. The topological polar surface area (TPSA) is 0 Å². The van der Waals surface area contributed by atoms with E-state index in [1.54, 1.807) is 0 Å². The van der Waals surface area contributed by atoms with Crippen molar-refractivity contribution in [1.82, 2.24) is 0 Å². The van der Waals surface area contributed by atoms with E-state index in [4.69, 9.17) is 0 Å². The summed E-state index contributed by atoms with van der Waals surface area (Å²) in [4.78, 5) is 0. The first-order valence-electron chi connectivity index (χ1n) is 18.4. The number of hydrogen-bond donors (Lipinski definition) is 0. The third-order valence-corrected chi connectivity index (χ3v) is 14.4. The molecule has 0 spiro atoms. The third kappa shape index (κ3) is 4.05. The monoisotopic (exact) mass is 708 g/mol. The molecule has 0 amide bonds. The first-order chi connectivity index (χ1) is 26.0. The van der Waals surface area contributed by atoms with Crippen LogP contribution in [0, 0.1) is 0 Å². The van der Waals surface area contributed by atoms with Crippen molar-refractivity contribution in [1.29, 1.82) is 0 Å². The van der Waals surface area contributed by atoms with E-state index >= 15 is 0 Å². The largest absolute Gasteiger partial charge is 0.135 e. The molecule has 9 aromatic carbocycles. The molecule has 2 heterocycles. The summed E-state index contributed by atoms with van der Waals surface area (Å²) in [5.41, 5.74) is 10.6. The number of thiophene rings is 2. The van der Waals surface area contributed by atoms with Gasteiger partial charge < -0.3 is 0 Å². The molecule has 248 valence electrons. The fourth-order valence-electron chi connectivity index (χ4n) is 9.53. The summed E-state index contributed by atoms with van der Waals surface area (Å²) in [5.74, 6) is 0.